The van der Waals surface area contributed by atoms with Gasteiger partial charge in [-0.25, -0.2) is 0 Å². The van der Waals surface area contributed by atoms with Crippen molar-refractivity contribution in [2.75, 3.05) is 13.2 Å². The Hall–Kier alpha value is -1.14. The van der Waals surface area contributed by atoms with E-state index in [1.54, 1.807) is 6.92 Å². The SMILES string of the molecule is CC(O)CO.CCOC(=O)CCCCCCCCC(=O)O. The summed E-state index contributed by atoms with van der Waals surface area (Å²) < 4.78 is 4.81. The number of aliphatic hydroxyl groups is 2. The van der Waals surface area contributed by atoms with Crippen LogP contribution < -0.4 is 0 Å². The molecule has 3 N–H and O–H groups in total. The van der Waals surface area contributed by atoms with Crippen molar-refractivity contribution < 1.29 is 29.6 Å². The molecule has 1 atom stereocenters. The normalized spacial score (nSPS) is 11.2. The molecule has 0 aliphatic rings. The molecular weight excluding hydrogens is 276 g/mol. The number of ether oxygens (including phenoxy) is 1. The van der Waals surface area contributed by atoms with Crippen LogP contribution in [0.25, 0.3) is 0 Å². The molecule has 0 amide bonds. The zero-order chi connectivity index (χ0) is 16.5. The van der Waals surface area contributed by atoms with Crippen LogP contribution in [0.2, 0.25) is 0 Å². The first-order valence-electron chi connectivity index (χ1n) is 7.60. The molecule has 0 aliphatic heterocycles. The summed E-state index contributed by atoms with van der Waals surface area (Å²) in [6.07, 6.45) is 5.94. The quantitative estimate of drug-likeness (QED) is 0.399. The summed E-state index contributed by atoms with van der Waals surface area (Å²) in [4.78, 5) is 21.2. The average molecular weight is 306 g/mol. The Morgan fingerprint density at radius 1 is 1.00 bits per heavy atom. The molecule has 0 aliphatic carbocycles. The zero-order valence-corrected chi connectivity index (χ0v) is 13.2. The Bertz CT molecular complexity index is 253. The third-order valence-corrected chi connectivity index (χ3v) is 2.59. The second kappa shape index (κ2) is 16.9. The fraction of sp³-hybridized carbons (Fsp3) is 0.867. The van der Waals surface area contributed by atoms with Gasteiger partial charge in [0.05, 0.1) is 19.3 Å². The van der Waals surface area contributed by atoms with E-state index in [9.17, 15) is 9.59 Å². The van der Waals surface area contributed by atoms with Crippen LogP contribution in [0, 0.1) is 0 Å². The lowest BCUT2D eigenvalue weighted by molar-refractivity contribution is -0.143. The molecule has 0 aromatic rings. The van der Waals surface area contributed by atoms with E-state index in [0.717, 1.165) is 38.5 Å². The van der Waals surface area contributed by atoms with Crippen LogP contribution in [0.4, 0.5) is 0 Å². The molecule has 0 aromatic carbocycles. The van der Waals surface area contributed by atoms with E-state index in [1.165, 1.54) is 6.92 Å². The maximum absolute atomic E-state index is 11.0. The van der Waals surface area contributed by atoms with E-state index in [2.05, 4.69) is 0 Å². The number of aliphatic carboxylic acids is 1. The van der Waals surface area contributed by atoms with Crippen molar-refractivity contribution >= 4 is 11.9 Å². The van der Waals surface area contributed by atoms with Crippen LogP contribution in [0.1, 0.15) is 65.2 Å². The Balaban J connectivity index is 0. The van der Waals surface area contributed by atoms with Crippen molar-refractivity contribution in [3.05, 3.63) is 0 Å². The highest BCUT2D eigenvalue weighted by molar-refractivity contribution is 5.69. The summed E-state index contributed by atoms with van der Waals surface area (Å²) >= 11 is 0. The minimum Gasteiger partial charge on any atom is -0.481 e. The van der Waals surface area contributed by atoms with E-state index in [4.69, 9.17) is 20.1 Å². The fourth-order valence-corrected chi connectivity index (χ4v) is 1.49. The standard InChI is InChI=1S/C12H22O4.C3H8O2/c1-2-16-12(15)10-8-6-4-3-5-7-9-11(13)14;1-3(5)2-4/h2-10H2,1H3,(H,13,14);3-5H,2H2,1H3. The Labute approximate surface area is 127 Å². The molecule has 0 radical (unpaired) electrons. The van der Waals surface area contributed by atoms with Gasteiger partial charge in [0.25, 0.3) is 0 Å². The first-order chi connectivity index (χ1) is 9.93. The molecule has 6 heteroatoms. The molecule has 0 heterocycles. The molecule has 0 bridgehead atoms. The lowest BCUT2D eigenvalue weighted by Gasteiger charge is -2.02. The number of carbonyl (C=O) groups is 2. The minimum absolute atomic E-state index is 0.117. The lowest BCUT2D eigenvalue weighted by atomic mass is 10.1. The summed E-state index contributed by atoms with van der Waals surface area (Å²) in [5.74, 6) is -0.837. The van der Waals surface area contributed by atoms with Crippen molar-refractivity contribution in [3.63, 3.8) is 0 Å². The predicted octanol–water partition coefficient (Wildman–Crippen LogP) is 2.11. The van der Waals surface area contributed by atoms with E-state index >= 15 is 0 Å². The van der Waals surface area contributed by atoms with Gasteiger partial charge < -0.3 is 20.1 Å². The van der Waals surface area contributed by atoms with E-state index in [-0.39, 0.29) is 19.0 Å². The topological polar surface area (TPSA) is 104 Å². The first kappa shape index (κ1) is 22.1. The summed E-state index contributed by atoms with van der Waals surface area (Å²) in [5, 5.41) is 24.4. The second-order valence-corrected chi connectivity index (χ2v) is 4.85. The van der Waals surface area contributed by atoms with E-state index in [0.29, 0.717) is 13.0 Å². The van der Waals surface area contributed by atoms with Gasteiger partial charge in [-0.15, -0.1) is 0 Å². The largest absolute Gasteiger partial charge is 0.481 e. The molecule has 0 fully saturated rings. The molecular formula is C15H30O6. The molecule has 126 valence electrons. The number of hydrogen-bond acceptors (Lipinski definition) is 5. The highest BCUT2D eigenvalue weighted by Crippen LogP contribution is 2.08. The van der Waals surface area contributed by atoms with Crippen LogP contribution in [-0.2, 0) is 14.3 Å². The maximum atomic E-state index is 11.0. The van der Waals surface area contributed by atoms with Crippen LogP contribution in [-0.4, -0.2) is 46.6 Å². The Kier molecular flexibility index (Phi) is 17.8. The van der Waals surface area contributed by atoms with Crippen molar-refractivity contribution in [3.8, 4) is 0 Å². The monoisotopic (exact) mass is 306 g/mol. The number of carbonyl (C=O) groups excluding carboxylic acids is 1. The van der Waals surface area contributed by atoms with Gasteiger partial charge in [0.15, 0.2) is 0 Å². The fourth-order valence-electron chi connectivity index (χ4n) is 1.49. The van der Waals surface area contributed by atoms with Crippen LogP contribution in [0.5, 0.6) is 0 Å². The average Bonchev–Trinajstić information content (AvgIpc) is 2.42. The summed E-state index contributed by atoms with van der Waals surface area (Å²) in [5.41, 5.74) is 0. The maximum Gasteiger partial charge on any atom is 0.305 e. The van der Waals surface area contributed by atoms with E-state index < -0.39 is 12.1 Å². The zero-order valence-electron chi connectivity index (χ0n) is 13.2. The molecule has 6 nitrogen and oxygen atoms in total. The lowest BCUT2D eigenvalue weighted by Crippen LogP contribution is -2.03. The Morgan fingerprint density at radius 3 is 1.81 bits per heavy atom. The molecule has 0 rings (SSSR count). The van der Waals surface area contributed by atoms with Gasteiger partial charge >= 0.3 is 11.9 Å². The summed E-state index contributed by atoms with van der Waals surface area (Å²) in [6, 6.07) is 0. The van der Waals surface area contributed by atoms with Gasteiger partial charge in [-0.1, -0.05) is 25.7 Å². The van der Waals surface area contributed by atoms with Gasteiger partial charge in [0.1, 0.15) is 0 Å². The smallest absolute Gasteiger partial charge is 0.305 e. The van der Waals surface area contributed by atoms with Gasteiger partial charge in [-0.05, 0) is 26.7 Å². The highest BCUT2D eigenvalue weighted by Gasteiger charge is 2.01. The van der Waals surface area contributed by atoms with Crippen LogP contribution in [0.3, 0.4) is 0 Å². The van der Waals surface area contributed by atoms with Crippen LogP contribution >= 0.6 is 0 Å². The van der Waals surface area contributed by atoms with Crippen molar-refractivity contribution in [1.82, 2.24) is 0 Å². The first-order valence-corrected chi connectivity index (χ1v) is 7.60. The molecule has 0 aromatic heterocycles. The van der Waals surface area contributed by atoms with Crippen LogP contribution in [0.15, 0.2) is 0 Å². The van der Waals surface area contributed by atoms with Gasteiger partial charge in [0, 0.05) is 12.8 Å². The van der Waals surface area contributed by atoms with Crippen molar-refractivity contribution in [2.45, 2.75) is 71.3 Å². The molecule has 21 heavy (non-hydrogen) atoms. The number of esters is 1. The number of carboxylic acids is 1. The molecule has 0 saturated carbocycles. The third kappa shape index (κ3) is 24.3. The number of rotatable bonds is 11. The number of hydrogen-bond donors (Lipinski definition) is 3. The van der Waals surface area contributed by atoms with Gasteiger partial charge in [-0.3, -0.25) is 9.59 Å². The molecule has 1 unspecified atom stereocenters. The number of carboxylic acid groups (broad SMARTS) is 1. The number of unbranched alkanes of at least 4 members (excludes halogenated alkanes) is 5. The minimum atomic E-state index is -0.720. The second-order valence-electron chi connectivity index (χ2n) is 4.85. The van der Waals surface area contributed by atoms with Gasteiger partial charge in [-0.2, -0.15) is 0 Å². The van der Waals surface area contributed by atoms with E-state index in [1.807, 2.05) is 0 Å². The Morgan fingerprint density at radius 2 is 1.43 bits per heavy atom. The predicted molar refractivity (Wildman–Crippen MR) is 80.0 cm³/mol. The molecule has 0 saturated heterocycles. The summed E-state index contributed by atoms with van der Waals surface area (Å²) in [6.45, 7) is 3.65. The highest BCUT2D eigenvalue weighted by atomic mass is 16.5. The van der Waals surface area contributed by atoms with Gasteiger partial charge in [0.2, 0.25) is 0 Å². The van der Waals surface area contributed by atoms with Crippen molar-refractivity contribution in [1.29, 1.82) is 0 Å². The molecule has 0 spiro atoms. The third-order valence-electron chi connectivity index (χ3n) is 2.59. The van der Waals surface area contributed by atoms with Crippen molar-refractivity contribution in [2.24, 2.45) is 0 Å². The summed E-state index contributed by atoms with van der Waals surface area (Å²) in [7, 11) is 0. The number of aliphatic hydroxyl groups excluding tert-OH is 2.